The Morgan fingerprint density at radius 3 is 2.60 bits per heavy atom. The van der Waals surface area contributed by atoms with E-state index in [0.717, 1.165) is 12.8 Å². The number of likely N-dealkylation sites (tertiary alicyclic amines) is 1. The van der Waals surface area contributed by atoms with Gasteiger partial charge in [0.2, 0.25) is 5.91 Å². The molecule has 0 radical (unpaired) electrons. The second kappa shape index (κ2) is 6.95. The Labute approximate surface area is 122 Å². The summed E-state index contributed by atoms with van der Waals surface area (Å²) < 4.78 is 0. The third-order valence-electron chi connectivity index (χ3n) is 3.62. The molecule has 3 amide bonds. The highest BCUT2D eigenvalue weighted by Gasteiger charge is 2.30. The van der Waals surface area contributed by atoms with Gasteiger partial charge in [0, 0.05) is 20.1 Å². The molecule has 5 heteroatoms. The summed E-state index contributed by atoms with van der Waals surface area (Å²) in [5.74, 6) is 0.579. The van der Waals surface area contributed by atoms with Crippen molar-refractivity contribution in [2.24, 2.45) is 11.3 Å². The first kappa shape index (κ1) is 16.8. The molecule has 1 rings (SSSR count). The summed E-state index contributed by atoms with van der Waals surface area (Å²) in [4.78, 5) is 25.0. The van der Waals surface area contributed by atoms with Gasteiger partial charge < -0.3 is 15.5 Å². The van der Waals surface area contributed by atoms with Gasteiger partial charge in [-0.3, -0.25) is 4.79 Å². The van der Waals surface area contributed by atoms with Gasteiger partial charge in [-0.2, -0.15) is 0 Å². The minimum absolute atomic E-state index is 0.00116. The minimum Gasteiger partial charge on any atom is -0.344 e. The highest BCUT2D eigenvalue weighted by Crippen LogP contribution is 2.25. The van der Waals surface area contributed by atoms with E-state index in [1.807, 2.05) is 0 Å². The highest BCUT2D eigenvalue weighted by molar-refractivity contribution is 5.88. The fourth-order valence-electron chi connectivity index (χ4n) is 2.75. The molecular weight excluding hydrogens is 254 g/mol. The number of hydrogen-bond acceptors (Lipinski definition) is 2. The molecule has 2 N–H and O–H groups in total. The van der Waals surface area contributed by atoms with E-state index in [1.165, 1.54) is 0 Å². The van der Waals surface area contributed by atoms with Crippen molar-refractivity contribution in [2.45, 2.75) is 53.0 Å². The van der Waals surface area contributed by atoms with Crippen LogP contribution in [-0.4, -0.2) is 43.0 Å². The summed E-state index contributed by atoms with van der Waals surface area (Å²) >= 11 is 0. The summed E-state index contributed by atoms with van der Waals surface area (Å²) in [5, 5.41) is 5.58. The normalized spacial score (nSPS) is 20.9. The molecule has 0 unspecified atom stereocenters. The summed E-state index contributed by atoms with van der Waals surface area (Å²) in [6.45, 7) is 10.3. The smallest absolute Gasteiger partial charge is 0.315 e. The van der Waals surface area contributed by atoms with Crippen molar-refractivity contribution in [3.05, 3.63) is 0 Å². The number of hydrogen-bond donors (Lipinski definition) is 2. The molecule has 1 heterocycles. The average molecular weight is 283 g/mol. The first-order chi connectivity index (χ1) is 9.19. The molecule has 1 fully saturated rings. The van der Waals surface area contributed by atoms with Crippen LogP contribution in [0.3, 0.4) is 0 Å². The van der Waals surface area contributed by atoms with Crippen molar-refractivity contribution in [2.75, 3.05) is 20.1 Å². The molecule has 0 bridgehead atoms. The maximum absolute atomic E-state index is 11.7. The molecule has 0 saturated carbocycles. The number of nitrogens with one attached hydrogen (secondary N) is 2. The third kappa shape index (κ3) is 5.80. The van der Waals surface area contributed by atoms with E-state index >= 15 is 0 Å². The van der Waals surface area contributed by atoms with Crippen molar-refractivity contribution < 1.29 is 9.59 Å². The second-order valence-electron chi connectivity index (χ2n) is 7.16. The first-order valence-electron chi connectivity index (χ1n) is 7.48. The fourth-order valence-corrected chi connectivity index (χ4v) is 2.75. The first-order valence-corrected chi connectivity index (χ1v) is 7.48. The van der Waals surface area contributed by atoms with E-state index in [-0.39, 0.29) is 18.0 Å². The van der Waals surface area contributed by atoms with Gasteiger partial charge in [-0.1, -0.05) is 27.7 Å². The van der Waals surface area contributed by atoms with E-state index < -0.39 is 0 Å². The molecule has 0 spiro atoms. The van der Waals surface area contributed by atoms with Gasteiger partial charge in [0.25, 0.3) is 0 Å². The number of amides is 3. The lowest BCUT2D eigenvalue weighted by Gasteiger charge is -2.23. The average Bonchev–Trinajstić information content (AvgIpc) is 2.58. The largest absolute Gasteiger partial charge is 0.344 e. The highest BCUT2D eigenvalue weighted by atomic mass is 16.2. The zero-order chi connectivity index (χ0) is 15.3. The third-order valence-corrected chi connectivity index (χ3v) is 3.62. The van der Waals surface area contributed by atoms with Crippen LogP contribution in [0.5, 0.6) is 0 Å². The van der Waals surface area contributed by atoms with E-state index in [2.05, 4.69) is 38.3 Å². The quantitative estimate of drug-likeness (QED) is 0.810. The minimum atomic E-state index is -0.355. The number of likely N-dealkylation sites (N-methyl/N-ethyl adjacent to an activating group) is 1. The van der Waals surface area contributed by atoms with E-state index in [4.69, 9.17) is 0 Å². The van der Waals surface area contributed by atoms with Gasteiger partial charge in [-0.15, -0.1) is 0 Å². The maximum atomic E-state index is 11.7. The molecule has 0 aromatic rings. The zero-order valence-electron chi connectivity index (χ0n) is 13.5. The molecule has 1 saturated heterocycles. The van der Waals surface area contributed by atoms with Crippen molar-refractivity contribution in [1.29, 1.82) is 0 Å². The summed E-state index contributed by atoms with van der Waals surface area (Å²) in [6, 6.07) is -0.589. The predicted octanol–water partition coefficient (Wildman–Crippen LogP) is 1.98. The number of rotatable bonds is 5. The molecule has 116 valence electrons. The Morgan fingerprint density at radius 1 is 1.45 bits per heavy atom. The van der Waals surface area contributed by atoms with Crippen LogP contribution in [0.4, 0.5) is 4.79 Å². The molecule has 0 aromatic heterocycles. The van der Waals surface area contributed by atoms with Crippen LogP contribution >= 0.6 is 0 Å². The molecule has 1 aliphatic rings. The van der Waals surface area contributed by atoms with Crippen molar-refractivity contribution in [1.82, 2.24) is 15.5 Å². The Bertz CT molecular complexity index is 350. The van der Waals surface area contributed by atoms with Crippen LogP contribution < -0.4 is 10.6 Å². The molecule has 20 heavy (non-hydrogen) atoms. The number of urea groups is 1. The van der Waals surface area contributed by atoms with Crippen molar-refractivity contribution >= 4 is 11.9 Å². The summed E-state index contributed by atoms with van der Waals surface area (Å²) in [7, 11) is 1.76. The standard InChI is InChI=1S/C15H29N3O2/c1-11(10-15(2,3)4)6-8-16-14(20)17-12-7-9-18(5)13(12)19/h11-12H,6-10H2,1-5H3,(H2,16,17,20)/t11-,12-/m0/s1. The van der Waals surface area contributed by atoms with Crippen molar-refractivity contribution in [3.63, 3.8) is 0 Å². The van der Waals surface area contributed by atoms with Crippen molar-refractivity contribution in [3.8, 4) is 0 Å². The van der Waals surface area contributed by atoms with Crippen LogP contribution in [0.1, 0.15) is 47.0 Å². The van der Waals surface area contributed by atoms with Crippen LogP contribution in [-0.2, 0) is 4.79 Å². The molecule has 1 aliphatic heterocycles. The Morgan fingerprint density at radius 2 is 2.10 bits per heavy atom. The molecule has 0 aliphatic carbocycles. The number of nitrogens with zero attached hydrogens (tertiary/aromatic N) is 1. The van der Waals surface area contributed by atoms with E-state index in [0.29, 0.717) is 30.8 Å². The van der Waals surface area contributed by atoms with Gasteiger partial charge in [-0.05, 0) is 30.6 Å². The number of carbonyl (C=O) groups excluding carboxylic acids is 2. The Hall–Kier alpha value is -1.26. The number of carbonyl (C=O) groups is 2. The predicted molar refractivity (Wildman–Crippen MR) is 80.4 cm³/mol. The van der Waals surface area contributed by atoms with Crippen LogP contribution in [0.15, 0.2) is 0 Å². The fraction of sp³-hybridized carbons (Fsp3) is 0.867. The Balaban J connectivity index is 2.19. The van der Waals surface area contributed by atoms with Crippen LogP contribution in [0, 0.1) is 11.3 Å². The van der Waals surface area contributed by atoms with Gasteiger partial charge in [-0.25, -0.2) is 4.79 Å². The maximum Gasteiger partial charge on any atom is 0.315 e. The molecular formula is C15H29N3O2. The van der Waals surface area contributed by atoms with Gasteiger partial charge in [0.15, 0.2) is 0 Å². The lowest BCUT2D eigenvalue weighted by atomic mass is 9.84. The van der Waals surface area contributed by atoms with Gasteiger partial charge >= 0.3 is 6.03 Å². The van der Waals surface area contributed by atoms with Crippen LogP contribution in [0.25, 0.3) is 0 Å². The lowest BCUT2D eigenvalue weighted by Crippen LogP contribution is -2.46. The molecule has 5 nitrogen and oxygen atoms in total. The summed E-state index contributed by atoms with van der Waals surface area (Å²) in [6.07, 6.45) is 2.80. The van der Waals surface area contributed by atoms with E-state index in [9.17, 15) is 9.59 Å². The monoisotopic (exact) mass is 283 g/mol. The second-order valence-corrected chi connectivity index (χ2v) is 7.16. The zero-order valence-corrected chi connectivity index (χ0v) is 13.5. The molecule has 0 aromatic carbocycles. The molecule has 2 atom stereocenters. The van der Waals surface area contributed by atoms with Crippen LogP contribution in [0.2, 0.25) is 0 Å². The van der Waals surface area contributed by atoms with Gasteiger partial charge in [0.1, 0.15) is 6.04 Å². The lowest BCUT2D eigenvalue weighted by molar-refractivity contribution is -0.128. The van der Waals surface area contributed by atoms with Gasteiger partial charge in [0.05, 0.1) is 0 Å². The van der Waals surface area contributed by atoms with E-state index in [1.54, 1.807) is 11.9 Å². The summed E-state index contributed by atoms with van der Waals surface area (Å²) in [5.41, 5.74) is 0.322. The SMILES string of the molecule is C[C@@H](CCNC(=O)N[C@H]1CCN(C)C1=O)CC(C)(C)C. The topological polar surface area (TPSA) is 61.4 Å². The Kier molecular flexibility index (Phi) is 5.84.